The first-order chi connectivity index (χ1) is 21.5. The highest BCUT2D eigenvalue weighted by molar-refractivity contribution is 5.64. The van der Waals surface area contributed by atoms with E-state index in [0.29, 0.717) is 33.4 Å². The van der Waals surface area contributed by atoms with Crippen LogP contribution in [-0.4, -0.2) is 19.8 Å². The van der Waals surface area contributed by atoms with Crippen LogP contribution in [0.4, 0.5) is 11.4 Å². The third-order valence-corrected chi connectivity index (χ3v) is 6.28. The van der Waals surface area contributed by atoms with E-state index in [9.17, 15) is 20.2 Å². The third-order valence-electron chi connectivity index (χ3n) is 6.28. The second kappa shape index (κ2) is 13.9. The molecule has 0 bridgehead atoms. The number of pyridine rings is 2. The van der Waals surface area contributed by atoms with Gasteiger partial charge in [0, 0.05) is 48.0 Å². The number of nitro groups is 2. The summed E-state index contributed by atoms with van der Waals surface area (Å²) < 4.78 is 12.5. The molecular formula is C34H22N4O6. The fourth-order valence-electron chi connectivity index (χ4n) is 4.12. The summed E-state index contributed by atoms with van der Waals surface area (Å²) in [6.07, 6.45) is 6.48. The Morgan fingerprint density at radius 2 is 0.932 bits per heavy atom. The van der Waals surface area contributed by atoms with Gasteiger partial charge in [-0.1, -0.05) is 47.9 Å². The Balaban J connectivity index is 1.63. The van der Waals surface area contributed by atoms with E-state index < -0.39 is 9.85 Å². The standard InChI is InChI=1S/C34H22N4O6/c39-37(40)31-7-3-1-5-29(31)23-43-33-27(11-9-25-15-19-35-20-16-25)13-14-28(12-10-26-17-21-36-22-18-26)34(33)44-24-30-6-2-4-8-32(30)38(41)42/h1-8,13-22H,23-24H2. The monoisotopic (exact) mass is 582 g/mol. The molecule has 214 valence electrons. The first-order valence-corrected chi connectivity index (χ1v) is 13.2. The lowest BCUT2D eigenvalue weighted by Gasteiger charge is -2.17. The summed E-state index contributed by atoms with van der Waals surface area (Å²) in [5.41, 5.74) is 2.72. The van der Waals surface area contributed by atoms with Gasteiger partial charge in [-0.3, -0.25) is 30.2 Å². The second-order valence-corrected chi connectivity index (χ2v) is 9.14. The van der Waals surface area contributed by atoms with E-state index in [4.69, 9.17) is 9.47 Å². The van der Waals surface area contributed by atoms with Gasteiger partial charge in [0.05, 0.1) is 32.1 Å². The number of para-hydroxylation sites is 2. The van der Waals surface area contributed by atoms with Crippen LogP contribution in [-0.2, 0) is 13.2 Å². The maximum atomic E-state index is 11.7. The number of rotatable bonds is 8. The van der Waals surface area contributed by atoms with Crippen LogP contribution in [0.25, 0.3) is 0 Å². The predicted molar refractivity (Wildman–Crippen MR) is 162 cm³/mol. The molecule has 0 aliphatic heterocycles. The molecule has 0 amide bonds. The molecule has 5 aromatic rings. The Bertz CT molecular complexity index is 1800. The van der Waals surface area contributed by atoms with E-state index in [2.05, 4.69) is 33.6 Å². The van der Waals surface area contributed by atoms with Gasteiger partial charge < -0.3 is 9.47 Å². The van der Waals surface area contributed by atoms with Gasteiger partial charge in [0.25, 0.3) is 11.4 Å². The largest absolute Gasteiger partial charge is 0.483 e. The predicted octanol–water partition coefficient (Wildman–Crippen LogP) is 6.25. The molecule has 0 aliphatic rings. The molecule has 2 heterocycles. The normalized spacial score (nSPS) is 10.0. The number of benzene rings is 3. The lowest BCUT2D eigenvalue weighted by atomic mass is 10.1. The van der Waals surface area contributed by atoms with Gasteiger partial charge in [-0.25, -0.2) is 0 Å². The molecule has 0 spiro atoms. The van der Waals surface area contributed by atoms with Gasteiger partial charge in [-0.05, 0) is 48.5 Å². The first-order valence-electron chi connectivity index (χ1n) is 13.2. The maximum absolute atomic E-state index is 11.7. The lowest BCUT2D eigenvalue weighted by molar-refractivity contribution is -0.386. The number of aromatic nitrogens is 2. The minimum absolute atomic E-state index is 0.104. The van der Waals surface area contributed by atoms with Crippen LogP contribution in [0.3, 0.4) is 0 Å². The zero-order valence-corrected chi connectivity index (χ0v) is 23.0. The minimum Gasteiger partial charge on any atom is -0.483 e. The van der Waals surface area contributed by atoms with Crippen LogP contribution >= 0.6 is 0 Å². The summed E-state index contributed by atoms with van der Waals surface area (Å²) in [5, 5.41) is 23.3. The Morgan fingerprint density at radius 1 is 0.545 bits per heavy atom. The molecular weight excluding hydrogens is 560 g/mol. The quantitative estimate of drug-likeness (QED) is 0.119. The van der Waals surface area contributed by atoms with Gasteiger partial charge in [-0.2, -0.15) is 0 Å². The summed E-state index contributed by atoms with van der Waals surface area (Å²) in [7, 11) is 0. The Kier molecular flexibility index (Phi) is 9.16. The van der Waals surface area contributed by atoms with Crippen LogP contribution in [0.5, 0.6) is 11.5 Å². The molecule has 0 atom stereocenters. The summed E-state index contributed by atoms with van der Waals surface area (Å²) in [5.74, 6) is 12.7. The molecule has 0 aliphatic carbocycles. The average Bonchev–Trinajstić information content (AvgIpc) is 3.06. The topological polar surface area (TPSA) is 131 Å². The van der Waals surface area contributed by atoms with Crippen LogP contribution in [0.15, 0.2) is 110 Å². The van der Waals surface area contributed by atoms with Gasteiger partial charge in [0.2, 0.25) is 0 Å². The third kappa shape index (κ3) is 7.21. The van der Waals surface area contributed by atoms with Crippen molar-refractivity contribution in [3.63, 3.8) is 0 Å². The number of hydrogen-bond donors (Lipinski definition) is 0. The van der Waals surface area contributed by atoms with Crippen molar-refractivity contribution in [1.29, 1.82) is 0 Å². The summed E-state index contributed by atoms with van der Waals surface area (Å²) in [4.78, 5) is 30.4. The van der Waals surface area contributed by atoms with Gasteiger partial charge in [0.1, 0.15) is 13.2 Å². The number of nitrogens with zero attached hydrogens (tertiary/aromatic N) is 4. The second-order valence-electron chi connectivity index (χ2n) is 9.14. The molecule has 0 saturated carbocycles. The van der Waals surface area contributed by atoms with E-state index in [1.165, 1.54) is 12.1 Å². The maximum Gasteiger partial charge on any atom is 0.276 e. The van der Waals surface area contributed by atoms with E-state index in [1.807, 2.05) is 0 Å². The molecule has 0 saturated heterocycles. The molecule has 0 unspecified atom stereocenters. The van der Waals surface area contributed by atoms with Crippen molar-refractivity contribution in [1.82, 2.24) is 9.97 Å². The highest BCUT2D eigenvalue weighted by atomic mass is 16.6. The van der Waals surface area contributed by atoms with Gasteiger partial charge in [-0.15, -0.1) is 0 Å². The van der Waals surface area contributed by atoms with Crippen molar-refractivity contribution in [3.05, 3.63) is 163 Å². The lowest BCUT2D eigenvalue weighted by Crippen LogP contribution is -2.06. The smallest absolute Gasteiger partial charge is 0.276 e. The summed E-state index contributed by atoms with van der Waals surface area (Å²) >= 11 is 0. The highest BCUT2D eigenvalue weighted by Gasteiger charge is 2.20. The van der Waals surface area contributed by atoms with Crippen molar-refractivity contribution in [2.24, 2.45) is 0 Å². The van der Waals surface area contributed by atoms with Crippen molar-refractivity contribution in [2.75, 3.05) is 0 Å². The number of hydrogen-bond acceptors (Lipinski definition) is 8. The molecule has 10 nitrogen and oxygen atoms in total. The Labute approximate surface area is 252 Å². The highest BCUT2D eigenvalue weighted by Crippen LogP contribution is 2.37. The van der Waals surface area contributed by atoms with E-state index in [0.717, 1.165) is 0 Å². The molecule has 0 radical (unpaired) electrons. The molecule has 5 rings (SSSR count). The number of ether oxygens (including phenoxy) is 2. The molecule has 3 aromatic carbocycles. The van der Waals surface area contributed by atoms with Crippen LogP contribution in [0.1, 0.15) is 33.4 Å². The van der Waals surface area contributed by atoms with Crippen LogP contribution in [0.2, 0.25) is 0 Å². The van der Waals surface area contributed by atoms with Crippen LogP contribution < -0.4 is 9.47 Å². The van der Waals surface area contributed by atoms with E-state index in [-0.39, 0.29) is 36.1 Å². The summed E-state index contributed by atoms with van der Waals surface area (Å²) in [6, 6.07) is 22.9. The average molecular weight is 583 g/mol. The molecule has 44 heavy (non-hydrogen) atoms. The minimum atomic E-state index is -0.481. The fourth-order valence-corrected chi connectivity index (χ4v) is 4.12. The molecule has 0 N–H and O–H groups in total. The van der Waals surface area contributed by atoms with E-state index in [1.54, 1.807) is 97.6 Å². The van der Waals surface area contributed by atoms with Crippen molar-refractivity contribution >= 4 is 11.4 Å². The van der Waals surface area contributed by atoms with Crippen LogP contribution in [0, 0.1) is 43.9 Å². The molecule has 2 aromatic heterocycles. The van der Waals surface area contributed by atoms with Crippen molar-refractivity contribution in [3.8, 4) is 35.2 Å². The molecule has 10 heteroatoms. The van der Waals surface area contributed by atoms with E-state index >= 15 is 0 Å². The first kappa shape index (κ1) is 29.0. The van der Waals surface area contributed by atoms with Gasteiger partial charge in [0.15, 0.2) is 11.5 Å². The zero-order valence-electron chi connectivity index (χ0n) is 23.0. The number of nitro benzene ring substituents is 2. The zero-order chi connectivity index (χ0) is 30.7. The Morgan fingerprint density at radius 3 is 1.32 bits per heavy atom. The van der Waals surface area contributed by atoms with Gasteiger partial charge >= 0.3 is 0 Å². The SMILES string of the molecule is O=[N+]([O-])c1ccccc1COc1c(C#Cc2ccncc2)ccc(C#Cc2ccncc2)c1OCc1ccccc1[N+](=O)[O-]. The molecule has 0 fully saturated rings. The Hall–Kier alpha value is -6.52. The van der Waals surface area contributed by atoms with Crippen molar-refractivity contribution < 1.29 is 19.3 Å². The summed E-state index contributed by atoms with van der Waals surface area (Å²) in [6.45, 7) is -0.353. The fraction of sp³-hybridized carbons (Fsp3) is 0.0588. The van der Waals surface area contributed by atoms with Crippen molar-refractivity contribution in [2.45, 2.75) is 13.2 Å².